The second kappa shape index (κ2) is 7.45. The summed E-state index contributed by atoms with van der Waals surface area (Å²) in [6.45, 7) is 2.83. The summed E-state index contributed by atoms with van der Waals surface area (Å²) in [4.78, 5) is 1.32. The molecule has 4 nitrogen and oxygen atoms in total. The second-order valence-corrected chi connectivity index (χ2v) is 6.04. The normalized spacial score (nSPS) is 13.3. The lowest BCUT2D eigenvalue weighted by molar-refractivity contribution is 0.318. The Kier molecular flexibility index (Phi) is 5.61. The quantitative estimate of drug-likeness (QED) is 0.328. The molecule has 0 radical (unpaired) electrons. The molecule has 0 amide bonds. The zero-order chi connectivity index (χ0) is 15.2. The largest absolute Gasteiger partial charge is 0.409 e. The maximum Gasteiger partial charge on any atom is 0.170 e. The standard InChI is InChI=1S/C15H18ClN3OS/c1-2-13(14-4-3-7-21-14)18-9-11-6-5-10(8-12(11)16)15(17)19-20/h3-8,13,18,20H,2,9H2,1H3,(H2,17,19). The zero-order valence-corrected chi connectivity index (χ0v) is 13.3. The van der Waals surface area contributed by atoms with Gasteiger partial charge in [0.1, 0.15) is 0 Å². The van der Waals surface area contributed by atoms with Crippen LogP contribution in [0.15, 0.2) is 40.9 Å². The SMILES string of the molecule is CCC(NCc1ccc(/C(N)=N/O)cc1Cl)c1cccs1. The van der Waals surface area contributed by atoms with Crippen molar-refractivity contribution >= 4 is 28.8 Å². The highest BCUT2D eigenvalue weighted by Crippen LogP contribution is 2.24. The first-order valence-electron chi connectivity index (χ1n) is 6.68. The molecule has 1 unspecified atom stereocenters. The minimum absolute atomic E-state index is 0.0569. The Morgan fingerprint density at radius 2 is 2.29 bits per heavy atom. The van der Waals surface area contributed by atoms with E-state index in [-0.39, 0.29) is 5.84 Å². The average Bonchev–Trinajstić information content (AvgIpc) is 3.02. The number of thiophene rings is 1. The van der Waals surface area contributed by atoms with Crippen molar-refractivity contribution in [1.82, 2.24) is 5.32 Å². The van der Waals surface area contributed by atoms with Crippen molar-refractivity contribution in [3.05, 3.63) is 56.7 Å². The molecule has 1 heterocycles. The molecule has 0 saturated carbocycles. The fraction of sp³-hybridized carbons (Fsp3) is 0.267. The number of hydrogen-bond acceptors (Lipinski definition) is 4. The van der Waals surface area contributed by atoms with Gasteiger partial charge in [0.15, 0.2) is 5.84 Å². The van der Waals surface area contributed by atoms with Crippen molar-refractivity contribution in [2.45, 2.75) is 25.9 Å². The lowest BCUT2D eigenvalue weighted by atomic mass is 10.1. The molecule has 0 aliphatic heterocycles. The highest BCUT2D eigenvalue weighted by molar-refractivity contribution is 7.10. The fourth-order valence-corrected chi connectivity index (χ4v) is 3.21. The van der Waals surface area contributed by atoms with Crippen LogP contribution >= 0.6 is 22.9 Å². The molecule has 4 N–H and O–H groups in total. The van der Waals surface area contributed by atoms with Gasteiger partial charge < -0.3 is 16.3 Å². The molecule has 21 heavy (non-hydrogen) atoms. The lowest BCUT2D eigenvalue weighted by Crippen LogP contribution is -2.20. The number of benzene rings is 1. The molecule has 0 aliphatic carbocycles. The highest BCUT2D eigenvalue weighted by Gasteiger charge is 2.11. The molecule has 2 rings (SSSR count). The Balaban J connectivity index is 2.06. The highest BCUT2D eigenvalue weighted by atomic mass is 35.5. The van der Waals surface area contributed by atoms with Crippen molar-refractivity contribution in [1.29, 1.82) is 0 Å². The Morgan fingerprint density at radius 3 is 2.86 bits per heavy atom. The van der Waals surface area contributed by atoms with Gasteiger partial charge in [-0.3, -0.25) is 0 Å². The second-order valence-electron chi connectivity index (χ2n) is 4.65. The van der Waals surface area contributed by atoms with Gasteiger partial charge in [-0.05, 0) is 29.5 Å². The number of amidine groups is 1. The molecule has 2 aromatic rings. The van der Waals surface area contributed by atoms with Crippen LogP contribution < -0.4 is 11.1 Å². The molecule has 6 heteroatoms. The monoisotopic (exact) mass is 323 g/mol. The van der Waals surface area contributed by atoms with Gasteiger partial charge in [0, 0.05) is 28.0 Å². The van der Waals surface area contributed by atoms with E-state index < -0.39 is 0 Å². The van der Waals surface area contributed by atoms with Gasteiger partial charge in [0.2, 0.25) is 0 Å². The number of rotatable bonds is 6. The van der Waals surface area contributed by atoms with Crippen LogP contribution in [-0.2, 0) is 6.54 Å². The minimum Gasteiger partial charge on any atom is -0.409 e. The molecule has 0 saturated heterocycles. The molecule has 0 fully saturated rings. The summed E-state index contributed by atoms with van der Waals surface area (Å²) < 4.78 is 0. The van der Waals surface area contributed by atoms with E-state index in [4.69, 9.17) is 22.5 Å². The first-order chi connectivity index (χ1) is 10.2. The summed E-state index contributed by atoms with van der Waals surface area (Å²) in [6, 6.07) is 9.91. The Hall–Kier alpha value is -1.56. The third-order valence-corrected chi connectivity index (χ3v) is 4.63. The van der Waals surface area contributed by atoms with E-state index in [0.717, 1.165) is 12.0 Å². The third kappa shape index (κ3) is 3.97. The zero-order valence-electron chi connectivity index (χ0n) is 11.7. The molecule has 0 bridgehead atoms. The Morgan fingerprint density at radius 1 is 1.48 bits per heavy atom. The molecule has 0 spiro atoms. The summed E-state index contributed by atoms with van der Waals surface area (Å²) in [5.74, 6) is 0.0569. The van der Waals surface area contributed by atoms with E-state index in [2.05, 4.69) is 34.9 Å². The summed E-state index contributed by atoms with van der Waals surface area (Å²) in [6.07, 6.45) is 1.01. The maximum absolute atomic E-state index is 8.67. The van der Waals surface area contributed by atoms with Crippen molar-refractivity contribution < 1.29 is 5.21 Å². The van der Waals surface area contributed by atoms with E-state index in [0.29, 0.717) is 23.2 Å². The first kappa shape index (κ1) is 15.8. The van der Waals surface area contributed by atoms with Gasteiger partial charge in [-0.25, -0.2) is 0 Å². The van der Waals surface area contributed by atoms with Gasteiger partial charge in [-0.15, -0.1) is 11.3 Å². The van der Waals surface area contributed by atoms with Crippen molar-refractivity contribution in [3.63, 3.8) is 0 Å². The Bertz CT molecular complexity index is 613. The predicted molar refractivity (Wildman–Crippen MR) is 88.2 cm³/mol. The van der Waals surface area contributed by atoms with Crippen molar-refractivity contribution in [3.8, 4) is 0 Å². The van der Waals surface area contributed by atoms with E-state index in [9.17, 15) is 0 Å². The molecular formula is C15H18ClN3OS. The Labute approximate surface area is 133 Å². The smallest absolute Gasteiger partial charge is 0.170 e. The van der Waals surface area contributed by atoms with E-state index >= 15 is 0 Å². The van der Waals surface area contributed by atoms with Crippen molar-refractivity contribution in [2.75, 3.05) is 0 Å². The van der Waals surface area contributed by atoms with Gasteiger partial charge in [-0.2, -0.15) is 0 Å². The number of halogens is 1. The topological polar surface area (TPSA) is 70.6 Å². The molecule has 1 aromatic carbocycles. The van der Waals surface area contributed by atoms with E-state index in [1.807, 2.05) is 6.07 Å². The number of hydrogen-bond donors (Lipinski definition) is 3. The van der Waals surface area contributed by atoms with E-state index in [1.54, 1.807) is 23.5 Å². The third-order valence-electron chi connectivity index (χ3n) is 3.29. The van der Waals surface area contributed by atoms with Crippen LogP contribution in [0.5, 0.6) is 0 Å². The van der Waals surface area contributed by atoms with Gasteiger partial charge in [0.25, 0.3) is 0 Å². The summed E-state index contributed by atoms with van der Waals surface area (Å²) in [5, 5.41) is 17.8. The van der Waals surface area contributed by atoms with Crippen molar-refractivity contribution in [2.24, 2.45) is 10.9 Å². The van der Waals surface area contributed by atoms with Crippen LogP contribution in [0.3, 0.4) is 0 Å². The maximum atomic E-state index is 8.67. The summed E-state index contributed by atoms with van der Waals surface area (Å²) >= 11 is 8.00. The van der Waals surface area contributed by atoms with Gasteiger partial charge >= 0.3 is 0 Å². The molecular weight excluding hydrogens is 306 g/mol. The fourth-order valence-electron chi connectivity index (χ4n) is 2.08. The van der Waals surface area contributed by atoms with Gasteiger partial charge in [-0.1, -0.05) is 41.9 Å². The van der Waals surface area contributed by atoms with E-state index in [1.165, 1.54) is 4.88 Å². The number of oxime groups is 1. The number of nitrogens with one attached hydrogen (secondary N) is 1. The van der Waals surface area contributed by atoms with Crippen LogP contribution in [0.25, 0.3) is 0 Å². The van der Waals surface area contributed by atoms with Crippen LogP contribution in [0.2, 0.25) is 5.02 Å². The minimum atomic E-state index is 0.0569. The predicted octanol–water partition coefficient (Wildman–Crippen LogP) is 3.74. The number of nitrogens with two attached hydrogens (primary N) is 1. The average molecular weight is 324 g/mol. The number of nitrogens with zero attached hydrogens (tertiary/aromatic N) is 1. The molecule has 1 atom stereocenters. The molecule has 1 aromatic heterocycles. The van der Waals surface area contributed by atoms with Crippen LogP contribution in [0.4, 0.5) is 0 Å². The molecule has 0 aliphatic rings. The van der Waals surface area contributed by atoms with Crippen LogP contribution in [-0.4, -0.2) is 11.0 Å². The summed E-state index contributed by atoms with van der Waals surface area (Å²) in [5.41, 5.74) is 7.14. The summed E-state index contributed by atoms with van der Waals surface area (Å²) in [7, 11) is 0. The first-order valence-corrected chi connectivity index (χ1v) is 7.94. The molecule has 112 valence electrons. The van der Waals surface area contributed by atoms with Gasteiger partial charge in [0.05, 0.1) is 0 Å². The van der Waals surface area contributed by atoms with Crippen LogP contribution in [0, 0.1) is 0 Å². The van der Waals surface area contributed by atoms with Crippen LogP contribution in [0.1, 0.15) is 35.4 Å². The lowest BCUT2D eigenvalue weighted by Gasteiger charge is -2.16.